The van der Waals surface area contributed by atoms with E-state index in [1.807, 2.05) is 13.8 Å². The van der Waals surface area contributed by atoms with Crippen molar-refractivity contribution in [3.8, 4) is 0 Å². The van der Waals surface area contributed by atoms with Gasteiger partial charge < -0.3 is 15.6 Å². The predicted molar refractivity (Wildman–Crippen MR) is 74.9 cm³/mol. The van der Waals surface area contributed by atoms with Crippen LogP contribution < -0.4 is 10.6 Å². The average Bonchev–Trinajstić information content (AvgIpc) is 2.93. The molecule has 0 aromatic carbocycles. The van der Waals surface area contributed by atoms with Gasteiger partial charge in [-0.05, 0) is 11.8 Å². The van der Waals surface area contributed by atoms with Crippen molar-refractivity contribution in [2.45, 2.75) is 45.2 Å². The van der Waals surface area contributed by atoms with Crippen molar-refractivity contribution >= 4 is 18.1 Å². The lowest BCUT2D eigenvalue weighted by molar-refractivity contribution is -0.135. The molecule has 7 nitrogen and oxygen atoms in total. The van der Waals surface area contributed by atoms with Crippen LogP contribution in [0.2, 0.25) is 0 Å². The summed E-state index contributed by atoms with van der Waals surface area (Å²) in [6.07, 6.45) is 6.26. The fourth-order valence-corrected chi connectivity index (χ4v) is 2.42. The van der Waals surface area contributed by atoms with Gasteiger partial charge in [-0.15, -0.1) is 0 Å². The van der Waals surface area contributed by atoms with Gasteiger partial charge in [0.15, 0.2) is 0 Å². The maximum absolute atomic E-state index is 12.3. The first kappa shape index (κ1) is 15.2. The molecule has 0 aliphatic carbocycles. The number of imidazole rings is 1. The van der Waals surface area contributed by atoms with E-state index in [0.29, 0.717) is 18.5 Å². The molecule has 21 heavy (non-hydrogen) atoms. The molecule has 1 aliphatic heterocycles. The molecule has 1 aromatic heterocycles. The largest absolute Gasteiger partial charge is 0.351 e. The second kappa shape index (κ2) is 6.07. The zero-order chi connectivity index (χ0) is 15.5. The Labute approximate surface area is 122 Å². The second-order valence-corrected chi connectivity index (χ2v) is 5.93. The molecule has 2 atom stereocenters. The molecule has 1 fully saturated rings. The Hall–Kier alpha value is -2.18. The molecule has 1 aromatic rings. The van der Waals surface area contributed by atoms with Gasteiger partial charge in [-0.25, -0.2) is 4.98 Å². The monoisotopic (exact) mass is 291 g/mol. The second-order valence-electron chi connectivity index (χ2n) is 5.93. The lowest BCUT2D eigenvalue weighted by atomic mass is 9.77. The van der Waals surface area contributed by atoms with E-state index in [1.165, 1.54) is 6.33 Å². The van der Waals surface area contributed by atoms with E-state index in [1.54, 1.807) is 12.5 Å². The van der Waals surface area contributed by atoms with Crippen molar-refractivity contribution in [2.24, 2.45) is 5.41 Å². The van der Waals surface area contributed by atoms with Crippen LogP contribution in [-0.4, -0.2) is 40.2 Å². The molecule has 0 saturated carbocycles. The first-order valence-electron chi connectivity index (χ1n) is 6.87. The summed E-state index contributed by atoms with van der Waals surface area (Å²) in [5, 5.41) is 5.31. The summed E-state index contributed by atoms with van der Waals surface area (Å²) >= 11 is 0. The highest BCUT2D eigenvalue weighted by Crippen LogP contribution is 2.30. The lowest BCUT2D eigenvalue weighted by Gasteiger charge is -2.38. The quantitative estimate of drug-likeness (QED) is 0.702. The fraction of sp³-hybridized carbons (Fsp3) is 0.571. The molecule has 1 saturated heterocycles. The van der Waals surface area contributed by atoms with Gasteiger partial charge in [0, 0.05) is 19.0 Å². The van der Waals surface area contributed by atoms with Gasteiger partial charge in [0.05, 0.1) is 12.0 Å². The Bertz CT molecular complexity index is 524. The van der Waals surface area contributed by atoms with Crippen LogP contribution >= 0.6 is 0 Å². The van der Waals surface area contributed by atoms with E-state index in [2.05, 4.69) is 20.6 Å². The van der Waals surface area contributed by atoms with Gasteiger partial charge in [-0.1, -0.05) is 13.8 Å². The molecule has 2 rings (SSSR count). The van der Waals surface area contributed by atoms with E-state index >= 15 is 0 Å². The highest BCUT2D eigenvalue weighted by molar-refractivity contribution is 5.91. The van der Waals surface area contributed by atoms with Crippen LogP contribution in [0.15, 0.2) is 12.5 Å². The number of aromatic nitrogens is 2. The van der Waals surface area contributed by atoms with Crippen LogP contribution in [0.3, 0.4) is 0 Å². The molecule has 1 aliphatic rings. The minimum Gasteiger partial charge on any atom is -0.351 e. The number of amides is 2. The first-order valence-corrected chi connectivity index (χ1v) is 6.87. The van der Waals surface area contributed by atoms with Crippen molar-refractivity contribution in [1.82, 2.24) is 20.6 Å². The maximum atomic E-state index is 12.3. The Kier molecular flexibility index (Phi) is 4.40. The summed E-state index contributed by atoms with van der Waals surface area (Å²) in [5.74, 6) is -0.509. The summed E-state index contributed by atoms with van der Waals surface area (Å²) in [6.45, 7) is 3.84. The zero-order valence-electron chi connectivity index (χ0n) is 12.1. The number of hydrogen-bond acceptors (Lipinski definition) is 4. The Morgan fingerprint density at radius 3 is 3.00 bits per heavy atom. The number of rotatable bonds is 5. The molecule has 113 valence electrons. The van der Waals surface area contributed by atoms with Gasteiger partial charge in [-0.3, -0.25) is 14.4 Å². The number of H-pyrrole nitrogens is 1. The highest BCUT2D eigenvalue weighted by atomic mass is 16.2. The number of hydrogen-bond donors (Lipinski definition) is 3. The topological polar surface area (TPSA) is 104 Å². The van der Waals surface area contributed by atoms with Gasteiger partial charge >= 0.3 is 0 Å². The number of nitrogens with zero attached hydrogens (tertiary/aromatic N) is 1. The van der Waals surface area contributed by atoms with Crippen LogP contribution in [0, 0.1) is 5.41 Å². The van der Waals surface area contributed by atoms with Crippen molar-refractivity contribution in [1.29, 1.82) is 0 Å². The van der Waals surface area contributed by atoms with E-state index < -0.39 is 12.1 Å². The van der Waals surface area contributed by atoms with Crippen molar-refractivity contribution in [2.75, 3.05) is 0 Å². The maximum Gasteiger partial charge on any atom is 0.243 e. The van der Waals surface area contributed by atoms with Gasteiger partial charge in [-0.2, -0.15) is 0 Å². The normalized spacial score (nSPS) is 22.2. The fourth-order valence-electron chi connectivity index (χ4n) is 2.42. The summed E-state index contributed by atoms with van der Waals surface area (Å²) in [4.78, 5) is 41.6. The third kappa shape index (κ3) is 3.68. The summed E-state index contributed by atoms with van der Waals surface area (Å²) < 4.78 is 0. The van der Waals surface area contributed by atoms with Crippen LogP contribution in [0.1, 0.15) is 32.4 Å². The van der Waals surface area contributed by atoms with Crippen LogP contribution in [0.5, 0.6) is 0 Å². The molecule has 7 heteroatoms. The third-order valence-corrected chi connectivity index (χ3v) is 3.77. The smallest absolute Gasteiger partial charge is 0.243 e. The van der Waals surface area contributed by atoms with Gasteiger partial charge in [0.1, 0.15) is 12.1 Å². The van der Waals surface area contributed by atoms with Crippen LogP contribution in [-0.2, 0) is 20.8 Å². The molecular formula is C14H19N4O3. The Balaban J connectivity index is 2.01. The third-order valence-electron chi connectivity index (χ3n) is 3.77. The molecule has 1 radical (unpaired) electrons. The summed E-state index contributed by atoms with van der Waals surface area (Å²) in [6, 6.07) is -1.43. The molecule has 0 spiro atoms. The molecule has 1 unspecified atom stereocenters. The minimum atomic E-state index is -0.782. The first-order chi connectivity index (χ1) is 9.92. The van der Waals surface area contributed by atoms with Crippen molar-refractivity contribution in [3.63, 3.8) is 0 Å². The van der Waals surface area contributed by atoms with Crippen molar-refractivity contribution in [3.05, 3.63) is 18.2 Å². The number of piperidine rings is 1. The average molecular weight is 291 g/mol. The van der Waals surface area contributed by atoms with E-state index in [-0.39, 0.29) is 23.7 Å². The number of carbonyl (C=O) groups excluding carboxylic acids is 3. The number of nitrogens with one attached hydrogen (secondary N) is 3. The number of aromatic amines is 1. The Morgan fingerprint density at radius 1 is 1.62 bits per heavy atom. The van der Waals surface area contributed by atoms with Gasteiger partial charge in [0.25, 0.3) is 0 Å². The zero-order valence-corrected chi connectivity index (χ0v) is 12.1. The van der Waals surface area contributed by atoms with E-state index in [4.69, 9.17) is 0 Å². The summed E-state index contributed by atoms with van der Waals surface area (Å²) in [7, 11) is 0. The lowest BCUT2D eigenvalue weighted by Crippen LogP contribution is -2.59. The van der Waals surface area contributed by atoms with Gasteiger partial charge in [0.2, 0.25) is 18.1 Å². The molecule has 2 amide bonds. The van der Waals surface area contributed by atoms with E-state index in [0.717, 1.165) is 0 Å². The Morgan fingerprint density at radius 2 is 2.38 bits per heavy atom. The molecular weight excluding hydrogens is 272 g/mol. The summed E-state index contributed by atoms with van der Waals surface area (Å²) in [5.41, 5.74) is 0.313. The number of carbonyl (C=O) groups is 2. The van der Waals surface area contributed by atoms with Crippen LogP contribution in [0.4, 0.5) is 0 Å². The SMILES string of the molecule is CC1(C)CCC(=O)NC1C(=O)N[C@H]([C]=O)Cc1c[nH]cn1. The minimum absolute atomic E-state index is 0.145. The molecule has 2 heterocycles. The molecule has 3 N–H and O–H groups in total. The molecule has 0 bridgehead atoms. The van der Waals surface area contributed by atoms with Crippen molar-refractivity contribution < 1.29 is 14.4 Å². The van der Waals surface area contributed by atoms with E-state index in [9.17, 15) is 14.4 Å². The highest BCUT2D eigenvalue weighted by Gasteiger charge is 2.40. The standard InChI is InChI=1S/C14H19N4O3/c1-14(2)4-3-11(20)18-12(14)13(21)17-10(7-19)5-9-6-15-8-16-9/h6,8,10,12H,3-5H2,1-2H3,(H,15,16)(H,17,21)(H,18,20)/t10-,12?/m0/s1. The predicted octanol–water partition coefficient (Wildman–Crippen LogP) is -0.148. The van der Waals surface area contributed by atoms with Crippen LogP contribution in [0.25, 0.3) is 0 Å².